The lowest BCUT2D eigenvalue weighted by atomic mass is 10.2. The smallest absolute Gasteiger partial charge is 0.128 e. The Balaban J connectivity index is 2.55. The Labute approximate surface area is 86.3 Å². The second kappa shape index (κ2) is 6.44. The van der Waals surface area contributed by atoms with Gasteiger partial charge in [0.25, 0.3) is 0 Å². The standard InChI is InChI=1S/C12H19NO/c1-3-9-13-10-11-7-5-6-8-12(11)14-4-2/h5-8,13H,3-4,9-10H2,1-2H3/p+1. The Morgan fingerprint density at radius 1 is 1.21 bits per heavy atom. The van der Waals surface area contributed by atoms with Gasteiger partial charge in [0.1, 0.15) is 12.3 Å². The Morgan fingerprint density at radius 2 is 2.00 bits per heavy atom. The number of hydrogen-bond acceptors (Lipinski definition) is 1. The van der Waals surface area contributed by atoms with Crippen LogP contribution in [0, 0.1) is 0 Å². The van der Waals surface area contributed by atoms with Gasteiger partial charge in [0.2, 0.25) is 0 Å². The van der Waals surface area contributed by atoms with Crippen LogP contribution in [-0.4, -0.2) is 13.2 Å². The minimum atomic E-state index is 0.741. The minimum Gasteiger partial charge on any atom is -0.493 e. The van der Waals surface area contributed by atoms with E-state index >= 15 is 0 Å². The van der Waals surface area contributed by atoms with Gasteiger partial charge in [-0.25, -0.2) is 0 Å². The van der Waals surface area contributed by atoms with Crippen LogP contribution in [0.1, 0.15) is 25.8 Å². The number of quaternary nitrogens is 1. The van der Waals surface area contributed by atoms with Crippen LogP contribution in [0.3, 0.4) is 0 Å². The van der Waals surface area contributed by atoms with E-state index in [1.165, 1.54) is 18.5 Å². The SMILES string of the molecule is CCC[NH2+]Cc1ccccc1OCC. The largest absolute Gasteiger partial charge is 0.493 e. The fraction of sp³-hybridized carbons (Fsp3) is 0.500. The Bertz CT molecular complexity index is 260. The summed E-state index contributed by atoms with van der Waals surface area (Å²) in [7, 11) is 0. The van der Waals surface area contributed by atoms with Crippen molar-refractivity contribution in [2.24, 2.45) is 0 Å². The topological polar surface area (TPSA) is 25.8 Å². The van der Waals surface area contributed by atoms with Crippen LogP contribution in [0.25, 0.3) is 0 Å². The van der Waals surface area contributed by atoms with Crippen molar-refractivity contribution in [1.82, 2.24) is 0 Å². The molecule has 1 rings (SSSR count). The third kappa shape index (κ3) is 3.38. The molecule has 78 valence electrons. The maximum atomic E-state index is 5.55. The number of benzene rings is 1. The summed E-state index contributed by atoms with van der Waals surface area (Å²) in [4.78, 5) is 0. The molecule has 14 heavy (non-hydrogen) atoms. The Hall–Kier alpha value is -1.02. The van der Waals surface area contributed by atoms with E-state index in [0.29, 0.717) is 0 Å². The van der Waals surface area contributed by atoms with E-state index < -0.39 is 0 Å². The summed E-state index contributed by atoms with van der Waals surface area (Å²) < 4.78 is 5.55. The fourth-order valence-electron chi connectivity index (χ4n) is 1.43. The first kappa shape index (κ1) is 11.1. The van der Waals surface area contributed by atoms with Crippen LogP contribution in [-0.2, 0) is 6.54 Å². The third-order valence-corrected chi connectivity index (χ3v) is 2.13. The molecule has 1 aromatic rings. The van der Waals surface area contributed by atoms with E-state index in [9.17, 15) is 0 Å². The number of nitrogens with two attached hydrogens (primary N) is 1. The van der Waals surface area contributed by atoms with Crippen molar-refractivity contribution in [3.05, 3.63) is 29.8 Å². The van der Waals surface area contributed by atoms with Gasteiger partial charge < -0.3 is 10.1 Å². The van der Waals surface area contributed by atoms with Crippen molar-refractivity contribution in [3.8, 4) is 5.75 Å². The number of para-hydroxylation sites is 1. The van der Waals surface area contributed by atoms with Gasteiger partial charge in [-0.05, 0) is 25.5 Å². The van der Waals surface area contributed by atoms with E-state index in [0.717, 1.165) is 18.9 Å². The van der Waals surface area contributed by atoms with Crippen molar-refractivity contribution in [2.75, 3.05) is 13.2 Å². The molecule has 2 nitrogen and oxygen atoms in total. The lowest BCUT2D eigenvalue weighted by Crippen LogP contribution is -2.82. The van der Waals surface area contributed by atoms with Gasteiger partial charge in [-0.2, -0.15) is 0 Å². The van der Waals surface area contributed by atoms with Crippen molar-refractivity contribution >= 4 is 0 Å². The summed E-state index contributed by atoms with van der Waals surface area (Å²) >= 11 is 0. The fourth-order valence-corrected chi connectivity index (χ4v) is 1.43. The molecule has 0 bridgehead atoms. The van der Waals surface area contributed by atoms with Gasteiger partial charge in [0.05, 0.1) is 13.2 Å². The van der Waals surface area contributed by atoms with Gasteiger partial charge in [-0.3, -0.25) is 0 Å². The minimum absolute atomic E-state index is 0.741. The molecule has 0 heterocycles. The normalized spacial score (nSPS) is 10.1. The quantitative estimate of drug-likeness (QED) is 0.683. The zero-order valence-electron chi connectivity index (χ0n) is 9.12. The van der Waals surface area contributed by atoms with Crippen LogP contribution in [0.15, 0.2) is 24.3 Å². The zero-order valence-corrected chi connectivity index (χ0v) is 9.12. The molecule has 2 N–H and O–H groups in total. The summed E-state index contributed by atoms with van der Waals surface area (Å²) in [5.41, 5.74) is 1.29. The summed E-state index contributed by atoms with van der Waals surface area (Å²) in [5, 5.41) is 2.32. The number of hydrogen-bond donors (Lipinski definition) is 1. The summed E-state index contributed by atoms with van der Waals surface area (Å²) in [6.07, 6.45) is 1.22. The van der Waals surface area contributed by atoms with Crippen LogP contribution >= 0.6 is 0 Å². The summed E-state index contributed by atoms with van der Waals surface area (Å²) in [6.45, 7) is 7.16. The van der Waals surface area contributed by atoms with Crippen LogP contribution < -0.4 is 10.1 Å². The molecule has 0 aromatic heterocycles. The highest BCUT2D eigenvalue weighted by atomic mass is 16.5. The maximum Gasteiger partial charge on any atom is 0.128 e. The van der Waals surface area contributed by atoms with Crippen LogP contribution in [0.5, 0.6) is 5.75 Å². The summed E-state index contributed by atoms with van der Waals surface area (Å²) in [5.74, 6) is 1.03. The third-order valence-electron chi connectivity index (χ3n) is 2.13. The monoisotopic (exact) mass is 194 g/mol. The maximum absolute atomic E-state index is 5.55. The lowest BCUT2D eigenvalue weighted by molar-refractivity contribution is -0.670. The molecule has 0 amide bonds. The first-order chi connectivity index (χ1) is 6.88. The first-order valence-corrected chi connectivity index (χ1v) is 5.40. The van der Waals surface area contributed by atoms with Crippen LogP contribution in [0.2, 0.25) is 0 Å². The Morgan fingerprint density at radius 3 is 2.71 bits per heavy atom. The van der Waals surface area contributed by atoms with Crippen molar-refractivity contribution in [2.45, 2.75) is 26.8 Å². The lowest BCUT2D eigenvalue weighted by Gasteiger charge is -2.08. The molecule has 0 saturated heterocycles. The highest BCUT2D eigenvalue weighted by Crippen LogP contribution is 2.16. The van der Waals surface area contributed by atoms with Gasteiger partial charge in [-0.15, -0.1) is 0 Å². The van der Waals surface area contributed by atoms with Crippen LogP contribution in [0.4, 0.5) is 0 Å². The molecule has 0 fully saturated rings. The first-order valence-electron chi connectivity index (χ1n) is 5.40. The molecule has 1 aromatic carbocycles. The van der Waals surface area contributed by atoms with Gasteiger partial charge in [0.15, 0.2) is 0 Å². The average Bonchev–Trinajstić information content (AvgIpc) is 2.21. The van der Waals surface area contributed by atoms with Gasteiger partial charge >= 0.3 is 0 Å². The van der Waals surface area contributed by atoms with E-state index in [1.54, 1.807) is 0 Å². The van der Waals surface area contributed by atoms with Crippen molar-refractivity contribution in [1.29, 1.82) is 0 Å². The molecule has 0 spiro atoms. The highest BCUT2D eigenvalue weighted by Gasteiger charge is 2.02. The van der Waals surface area contributed by atoms with Crippen molar-refractivity contribution in [3.63, 3.8) is 0 Å². The highest BCUT2D eigenvalue weighted by molar-refractivity contribution is 5.32. The predicted molar refractivity (Wildman–Crippen MR) is 58.4 cm³/mol. The average molecular weight is 194 g/mol. The van der Waals surface area contributed by atoms with E-state index in [1.807, 2.05) is 19.1 Å². The molecule has 0 aliphatic carbocycles. The van der Waals surface area contributed by atoms with Gasteiger partial charge in [0, 0.05) is 5.56 Å². The molecule has 2 heteroatoms. The molecule has 0 saturated carbocycles. The van der Waals surface area contributed by atoms with E-state index in [2.05, 4.69) is 24.4 Å². The van der Waals surface area contributed by atoms with E-state index in [-0.39, 0.29) is 0 Å². The Kier molecular flexibility index (Phi) is 5.08. The number of rotatable bonds is 6. The van der Waals surface area contributed by atoms with Crippen molar-refractivity contribution < 1.29 is 10.1 Å². The van der Waals surface area contributed by atoms with E-state index in [4.69, 9.17) is 4.74 Å². The predicted octanol–water partition coefficient (Wildman–Crippen LogP) is 1.56. The molecule has 0 radical (unpaired) electrons. The second-order valence-electron chi connectivity index (χ2n) is 3.32. The molecule has 0 aliphatic rings. The number of ether oxygens (including phenoxy) is 1. The summed E-state index contributed by atoms with van der Waals surface area (Å²) in [6, 6.07) is 8.27. The molecule has 0 unspecified atom stereocenters. The molecular weight excluding hydrogens is 174 g/mol. The zero-order chi connectivity index (χ0) is 10.2. The molecular formula is C12H20NO+. The van der Waals surface area contributed by atoms with Gasteiger partial charge in [-0.1, -0.05) is 19.1 Å². The molecule has 0 aliphatic heterocycles. The molecule has 0 atom stereocenters. The second-order valence-corrected chi connectivity index (χ2v) is 3.32.